The number of rotatable bonds is 1. The fraction of sp³-hybridized carbons (Fsp3) is 0.133. The molecule has 3 heteroatoms. The van der Waals surface area contributed by atoms with Gasteiger partial charge in [-0.25, -0.2) is 0 Å². The standard InChI is InChI=1S/C15H13NOS/c1-11-6-8-13(9-7-11)16-10-12-4-2-3-5-14(12)17-15(16)18/h2-9H,10H2,1H3. The Labute approximate surface area is 112 Å². The molecule has 1 aliphatic heterocycles. The van der Waals surface area contributed by atoms with Gasteiger partial charge < -0.3 is 4.74 Å². The van der Waals surface area contributed by atoms with Gasteiger partial charge >= 0.3 is 0 Å². The van der Waals surface area contributed by atoms with Crippen LogP contribution >= 0.6 is 12.2 Å². The second-order valence-electron chi connectivity index (χ2n) is 4.40. The van der Waals surface area contributed by atoms with E-state index in [0.717, 1.165) is 23.5 Å². The third kappa shape index (κ3) is 1.97. The summed E-state index contributed by atoms with van der Waals surface area (Å²) in [5.41, 5.74) is 3.47. The minimum atomic E-state index is 0.512. The van der Waals surface area contributed by atoms with Gasteiger partial charge in [0, 0.05) is 11.3 Å². The number of hydrogen-bond donors (Lipinski definition) is 0. The van der Waals surface area contributed by atoms with Crippen LogP contribution in [0.5, 0.6) is 5.75 Å². The Kier molecular flexibility index (Phi) is 2.76. The lowest BCUT2D eigenvalue weighted by molar-refractivity contribution is 0.518. The number of ether oxygens (including phenoxy) is 1. The highest BCUT2D eigenvalue weighted by molar-refractivity contribution is 7.80. The van der Waals surface area contributed by atoms with E-state index in [1.165, 1.54) is 5.56 Å². The molecule has 18 heavy (non-hydrogen) atoms. The maximum Gasteiger partial charge on any atom is 0.269 e. The fourth-order valence-corrected chi connectivity index (χ4v) is 2.30. The molecule has 0 radical (unpaired) electrons. The molecule has 0 spiro atoms. The maximum absolute atomic E-state index is 5.69. The molecule has 0 saturated heterocycles. The Morgan fingerprint density at radius 2 is 1.78 bits per heavy atom. The van der Waals surface area contributed by atoms with Crippen LogP contribution in [0.1, 0.15) is 11.1 Å². The van der Waals surface area contributed by atoms with Gasteiger partial charge in [0.1, 0.15) is 5.75 Å². The number of anilines is 1. The molecule has 2 aromatic carbocycles. The van der Waals surface area contributed by atoms with Crippen LogP contribution in [0, 0.1) is 6.92 Å². The van der Waals surface area contributed by atoms with Gasteiger partial charge in [-0.2, -0.15) is 0 Å². The van der Waals surface area contributed by atoms with Crippen molar-refractivity contribution in [3.8, 4) is 5.75 Å². The zero-order chi connectivity index (χ0) is 12.5. The van der Waals surface area contributed by atoms with E-state index in [2.05, 4.69) is 37.3 Å². The van der Waals surface area contributed by atoms with Gasteiger partial charge in [0.15, 0.2) is 0 Å². The molecule has 3 rings (SSSR count). The molecule has 0 aliphatic carbocycles. The number of benzene rings is 2. The Balaban J connectivity index is 1.95. The molecule has 2 aromatic rings. The maximum atomic E-state index is 5.69. The minimum absolute atomic E-state index is 0.512. The lowest BCUT2D eigenvalue weighted by atomic mass is 10.1. The van der Waals surface area contributed by atoms with Crippen molar-refractivity contribution in [2.75, 3.05) is 4.90 Å². The van der Waals surface area contributed by atoms with Crippen molar-refractivity contribution in [2.45, 2.75) is 13.5 Å². The number of fused-ring (bicyclic) bond motifs is 1. The van der Waals surface area contributed by atoms with Crippen LogP contribution < -0.4 is 9.64 Å². The van der Waals surface area contributed by atoms with Gasteiger partial charge in [-0.3, -0.25) is 4.90 Å². The number of thiocarbonyl (C=S) groups is 1. The van der Waals surface area contributed by atoms with E-state index in [-0.39, 0.29) is 0 Å². The van der Waals surface area contributed by atoms with Crippen molar-refractivity contribution in [3.63, 3.8) is 0 Å². The van der Waals surface area contributed by atoms with E-state index in [0.29, 0.717) is 5.17 Å². The van der Waals surface area contributed by atoms with Crippen LogP contribution in [0.15, 0.2) is 48.5 Å². The third-order valence-corrected chi connectivity index (χ3v) is 3.37. The van der Waals surface area contributed by atoms with E-state index >= 15 is 0 Å². The number of para-hydroxylation sites is 1. The predicted molar refractivity (Wildman–Crippen MR) is 77.0 cm³/mol. The van der Waals surface area contributed by atoms with E-state index in [4.69, 9.17) is 17.0 Å². The van der Waals surface area contributed by atoms with Crippen LogP contribution in [0.25, 0.3) is 0 Å². The molecule has 0 unspecified atom stereocenters. The molecule has 0 amide bonds. The fourth-order valence-electron chi connectivity index (χ4n) is 2.04. The van der Waals surface area contributed by atoms with E-state index in [1.807, 2.05) is 23.1 Å². The molecule has 0 atom stereocenters. The molecule has 1 heterocycles. The first-order valence-electron chi connectivity index (χ1n) is 5.88. The van der Waals surface area contributed by atoms with Crippen LogP contribution in [-0.2, 0) is 6.54 Å². The van der Waals surface area contributed by atoms with Gasteiger partial charge in [-0.15, -0.1) is 0 Å². The number of nitrogens with zero attached hydrogens (tertiary/aromatic N) is 1. The largest absolute Gasteiger partial charge is 0.431 e. The van der Waals surface area contributed by atoms with E-state index in [1.54, 1.807) is 0 Å². The summed E-state index contributed by atoms with van der Waals surface area (Å²) in [5, 5.41) is 0.512. The zero-order valence-electron chi connectivity index (χ0n) is 10.1. The van der Waals surface area contributed by atoms with Crippen molar-refractivity contribution < 1.29 is 4.74 Å². The Morgan fingerprint density at radius 1 is 1.06 bits per heavy atom. The highest BCUT2D eigenvalue weighted by Crippen LogP contribution is 2.29. The molecule has 90 valence electrons. The average molecular weight is 255 g/mol. The quantitative estimate of drug-likeness (QED) is 0.721. The normalized spacial score (nSPS) is 14.1. The molecule has 0 fully saturated rings. The van der Waals surface area contributed by atoms with Crippen molar-refractivity contribution in [2.24, 2.45) is 0 Å². The molecule has 0 bridgehead atoms. The molecule has 1 aliphatic rings. The van der Waals surface area contributed by atoms with Crippen molar-refractivity contribution >= 4 is 23.1 Å². The second kappa shape index (κ2) is 4.42. The average Bonchev–Trinajstić information content (AvgIpc) is 2.39. The Morgan fingerprint density at radius 3 is 2.56 bits per heavy atom. The third-order valence-electron chi connectivity index (χ3n) is 3.06. The van der Waals surface area contributed by atoms with Crippen LogP contribution in [-0.4, -0.2) is 5.17 Å². The molecule has 2 nitrogen and oxygen atoms in total. The lowest BCUT2D eigenvalue weighted by Gasteiger charge is -2.30. The van der Waals surface area contributed by atoms with Gasteiger partial charge in [0.2, 0.25) is 0 Å². The van der Waals surface area contributed by atoms with Gasteiger partial charge in [0.05, 0.1) is 6.54 Å². The Hall–Kier alpha value is -1.87. The summed E-state index contributed by atoms with van der Waals surface area (Å²) in [4.78, 5) is 2.01. The first-order chi connectivity index (χ1) is 8.74. The van der Waals surface area contributed by atoms with Crippen LogP contribution in [0.4, 0.5) is 5.69 Å². The smallest absolute Gasteiger partial charge is 0.269 e. The monoisotopic (exact) mass is 255 g/mol. The van der Waals surface area contributed by atoms with Crippen molar-refractivity contribution in [1.29, 1.82) is 0 Å². The number of aryl methyl sites for hydroxylation is 1. The summed E-state index contributed by atoms with van der Waals surface area (Å²) in [6.45, 7) is 2.84. The van der Waals surface area contributed by atoms with Crippen LogP contribution in [0.2, 0.25) is 0 Å². The first-order valence-corrected chi connectivity index (χ1v) is 6.29. The van der Waals surface area contributed by atoms with Gasteiger partial charge in [-0.1, -0.05) is 35.9 Å². The molecular formula is C15H13NOS. The molecule has 0 N–H and O–H groups in total. The zero-order valence-corrected chi connectivity index (χ0v) is 10.9. The van der Waals surface area contributed by atoms with E-state index < -0.39 is 0 Å². The van der Waals surface area contributed by atoms with Gasteiger partial charge in [-0.05, 0) is 37.3 Å². The van der Waals surface area contributed by atoms with Crippen molar-refractivity contribution in [1.82, 2.24) is 0 Å². The summed E-state index contributed by atoms with van der Waals surface area (Å²) in [7, 11) is 0. The highest BCUT2D eigenvalue weighted by Gasteiger charge is 2.22. The van der Waals surface area contributed by atoms with Crippen molar-refractivity contribution in [3.05, 3.63) is 59.7 Å². The Bertz CT molecular complexity index is 592. The summed E-state index contributed by atoms with van der Waals surface area (Å²) < 4.78 is 5.69. The topological polar surface area (TPSA) is 12.5 Å². The first kappa shape index (κ1) is 11.2. The summed E-state index contributed by atoms with van der Waals surface area (Å²) in [6.07, 6.45) is 0. The highest BCUT2D eigenvalue weighted by atomic mass is 32.1. The second-order valence-corrected chi connectivity index (χ2v) is 4.75. The summed E-state index contributed by atoms with van der Waals surface area (Å²) in [5.74, 6) is 0.867. The SMILES string of the molecule is Cc1ccc(N2Cc3ccccc3OC2=S)cc1. The van der Waals surface area contributed by atoms with Gasteiger partial charge in [0.25, 0.3) is 5.17 Å². The molecule has 0 aromatic heterocycles. The molecule has 0 saturated carbocycles. The lowest BCUT2D eigenvalue weighted by Crippen LogP contribution is -2.36. The number of hydrogen-bond acceptors (Lipinski definition) is 2. The van der Waals surface area contributed by atoms with E-state index in [9.17, 15) is 0 Å². The van der Waals surface area contributed by atoms with Crippen LogP contribution in [0.3, 0.4) is 0 Å². The summed E-state index contributed by atoms with van der Waals surface area (Å²) in [6, 6.07) is 16.3. The molecular weight excluding hydrogens is 242 g/mol. The summed E-state index contributed by atoms with van der Waals surface area (Å²) >= 11 is 5.32. The minimum Gasteiger partial charge on any atom is -0.431 e. The predicted octanol–water partition coefficient (Wildman–Crippen LogP) is 3.68.